The molecule has 1 unspecified atom stereocenters. The highest BCUT2D eigenvalue weighted by Crippen LogP contribution is 2.00. The van der Waals surface area contributed by atoms with Crippen LogP contribution in [0, 0.1) is 0 Å². The maximum Gasteiger partial charge on any atom is 0.217 e. The van der Waals surface area contributed by atoms with Gasteiger partial charge in [0.1, 0.15) is 0 Å². The average Bonchev–Trinajstić information content (AvgIpc) is 2.15. The van der Waals surface area contributed by atoms with Crippen LogP contribution in [0.5, 0.6) is 0 Å². The van der Waals surface area contributed by atoms with Gasteiger partial charge in [-0.15, -0.1) is 0 Å². The Kier molecular flexibility index (Phi) is 4.90. The summed E-state index contributed by atoms with van der Waals surface area (Å²) in [5, 5.41) is 2.89. The van der Waals surface area contributed by atoms with Crippen molar-refractivity contribution in [2.75, 3.05) is 32.8 Å². The van der Waals surface area contributed by atoms with Crippen molar-refractivity contribution >= 4 is 5.91 Å². The van der Waals surface area contributed by atoms with E-state index < -0.39 is 0 Å². The molecule has 82 valence electrons. The van der Waals surface area contributed by atoms with Crippen molar-refractivity contribution in [2.45, 2.75) is 26.3 Å². The minimum absolute atomic E-state index is 0.0551. The Hall–Kier alpha value is -0.610. The summed E-state index contributed by atoms with van der Waals surface area (Å²) in [5.74, 6) is 0.0551. The molecule has 0 radical (unpaired) electrons. The maximum absolute atomic E-state index is 10.8. The fourth-order valence-electron chi connectivity index (χ4n) is 1.62. The van der Waals surface area contributed by atoms with Crippen molar-refractivity contribution in [3.05, 3.63) is 0 Å². The first kappa shape index (κ1) is 11.5. The molecule has 4 nitrogen and oxygen atoms in total. The Morgan fingerprint density at radius 3 is 2.71 bits per heavy atom. The van der Waals surface area contributed by atoms with Crippen LogP contribution in [0.3, 0.4) is 0 Å². The van der Waals surface area contributed by atoms with E-state index in [0.717, 1.165) is 39.3 Å². The summed E-state index contributed by atoms with van der Waals surface area (Å²) in [6.45, 7) is 8.38. The molecule has 0 aliphatic carbocycles. The average molecular weight is 200 g/mol. The van der Waals surface area contributed by atoms with E-state index >= 15 is 0 Å². The lowest BCUT2D eigenvalue weighted by molar-refractivity contribution is -0.119. The zero-order valence-corrected chi connectivity index (χ0v) is 9.08. The number of morpholine rings is 1. The van der Waals surface area contributed by atoms with Crippen LogP contribution in [0.4, 0.5) is 0 Å². The van der Waals surface area contributed by atoms with E-state index in [1.165, 1.54) is 0 Å². The lowest BCUT2D eigenvalue weighted by atomic mass is 10.2. The zero-order chi connectivity index (χ0) is 10.4. The van der Waals surface area contributed by atoms with Crippen LogP contribution in [0.2, 0.25) is 0 Å². The number of rotatable bonds is 4. The molecule has 4 heteroatoms. The Balaban J connectivity index is 2.09. The van der Waals surface area contributed by atoms with Gasteiger partial charge in [0.2, 0.25) is 5.91 Å². The van der Waals surface area contributed by atoms with Gasteiger partial charge in [-0.1, -0.05) is 0 Å². The molecule has 1 amide bonds. The molecule has 0 aromatic heterocycles. The highest BCUT2D eigenvalue weighted by molar-refractivity contribution is 5.73. The zero-order valence-electron chi connectivity index (χ0n) is 9.08. The summed E-state index contributed by atoms with van der Waals surface area (Å²) in [7, 11) is 0. The SMILES string of the molecule is CC(=O)NC(C)CCN1CCOCC1. The van der Waals surface area contributed by atoms with Gasteiger partial charge in [0, 0.05) is 32.6 Å². The summed E-state index contributed by atoms with van der Waals surface area (Å²) < 4.78 is 5.26. The molecule has 1 aliphatic rings. The van der Waals surface area contributed by atoms with Crippen LogP contribution in [-0.4, -0.2) is 49.7 Å². The molecule has 0 bridgehead atoms. The molecule has 0 saturated carbocycles. The van der Waals surface area contributed by atoms with Crippen molar-refractivity contribution in [2.24, 2.45) is 0 Å². The van der Waals surface area contributed by atoms with E-state index in [4.69, 9.17) is 4.74 Å². The van der Waals surface area contributed by atoms with Crippen molar-refractivity contribution in [1.29, 1.82) is 0 Å². The van der Waals surface area contributed by atoms with Crippen molar-refractivity contribution in [3.63, 3.8) is 0 Å². The van der Waals surface area contributed by atoms with Crippen molar-refractivity contribution in [1.82, 2.24) is 10.2 Å². The van der Waals surface area contributed by atoms with E-state index in [-0.39, 0.29) is 11.9 Å². The standard InChI is InChI=1S/C10H20N2O2/c1-9(11-10(2)13)3-4-12-5-7-14-8-6-12/h9H,3-8H2,1-2H3,(H,11,13). The molecular formula is C10H20N2O2. The minimum Gasteiger partial charge on any atom is -0.379 e. The van der Waals surface area contributed by atoms with Gasteiger partial charge < -0.3 is 10.1 Å². The largest absolute Gasteiger partial charge is 0.379 e. The molecule has 1 rings (SSSR count). The lowest BCUT2D eigenvalue weighted by Gasteiger charge is -2.27. The molecule has 1 saturated heterocycles. The highest BCUT2D eigenvalue weighted by Gasteiger charge is 2.11. The first-order valence-corrected chi connectivity index (χ1v) is 5.25. The molecule has 1 fully saturated rings. The molecule has 1 heterocycles. The summed E-state index contributed by atoms with van der Waals surface area (Å²) in [5.41, 5.74) is 0. The summed E-state index contributed by atoms with van der Waals surface area (Å²) in [4.78, 5) is 13.1. The van der Waals surface area contributed by atoms with Crippen LogP contribution < -0.4 is 5.32 Å². The molecule has 1 atom stereocenters. The van der Waals surface area contributed by atoms with E-state index in [2.05, 4.69) is 10.2 Å². The Morgan fingerprint density at radius 2 is 2.14 bits per heavy atom. The molecule has 1 aliphatic heterocycles. The third-order valence-corrected chi connectivity index (χ3v) is 2.43. The van der Waals surface area contributed by atoms with Crippen LogP contribution >= 0.6 is 0 Å². The third kappa shape index (κ3) is 4.58. The van der Waals surface area contributed by atoms with E-state index in [0.29, 0.717) is 0 Å². The number of nitrogens with zero attached hydrogens (tertiary/aromatic N) is 1. The normalized spacial score (nSPS) is 20.4. The predicted molar refractivity (Wildman–Crippen MR) is 55.2 cm³/mol. The van der Waals surface area contributed by atoms with Gasteiger partial charge in [-0.05, 0) is 13.3 Å². The van der Waals surface area contributed by atoms with E-state index in [1.807, 2.05) is 6.92 Å². The number of carbonyl (C=O) groups is 1. The fourth-order valence-corrected chi connectivity index (χ4v) is 1.62. The van der Waals surface area contributed by atoms with Gasteiger partial charge in [0.15, 0.2) is 0 Å². The minimum atomic E-state index is 0.0551. The van der Waals surface area contributed by atoms with Gasteiger partial charge in [-0.25, -0.2) is 0 Å². The molecule has 0 aromatic carbocycles. The van der Waals surface area contributed by atoms with Gasteiger partial charge in [-0.2, -0.15) is 0 Å². The Labute approximate surface area is 85.6 Å². The van der Waals surface area contributed by atoms with Gasteiger partial charge in [-0.3, -0.25) is 9.69 Å². The first-order valence-electron chi connectivity index (χ1n) is 5.25. The monoisotopic (exact) mass is 200 g/mol. The van der Waals surface area contributed by atoms with E-state index in [9.17, 15) is 4.79 Å². The number of hydrogen-bond donors (Lipinski definition) is 1. The summed E-state index contributed by atoms with van der Waals surface area (Å²) in [6, 6.07) is 0.273. The van der Waals surface area contributed by atoms with Crippen LogP contribution in [0.15, 0.2) is 0 Å². The Morgan fingerprint density at radius 1 is 1.50 bits per heavy atom. The number of hydrogen-bond acceptors (Lipinski definition) is 3. The van der Waals surface area contributed by atoms with Crippen molar-refractivity contribution in [3.8, 4) is 0 Å². The third-order valence-electron chi connectivity index (χ3n) is 2.43. The smallest absolute Gasteiger partial charge is 0.217 e. The first-order chi connectivity index (χ1) is 6.68. The van der Waals surface area contributed by atoms with Crippen LogP contribution in [0.25, 0.3) is 0 Å². The second-order valence-corrected chi connectivity index (χ2v) is 3.84. The predicted octanol–water partition coefficient (Wildman–Crippen LogP) is 0.233. The molecule has 0 aromatic rings. The number of nitrogens with one attached hydrogen (secondary N) is 1. The van der Waals surface area contributed by atoms with Crippen LogP contribution in [0.1, 0.15) is 20.3 Å². The number of ether oxygens (including phenoxy) is 1. The second kappa shape index (κ2) is 5.98. The van der Waals surface area contributed by atoms with Crippen LogP contribution in [-0.2, 0) is 9.53 Å². The number of amides is 1. The van der Waals surface area contributed by atoms with Crippen molar-refractivity contribution < 1.29 is 9.53 Å². The molecular weight excluding hydrogens is 180 g/mol. The lowest BCUT2D eigenvalue weighted by Crippen LogP contribution is -2.40. The number of carbonyl (C=O) groups excluding carboxylic acids is 1. The van der Waals surface area contributed by atoms with Gasteiger partial charge >= 0.3 is 0 Å². The highest BCUT2D eigenvalue weighted by atomic mass is 16.5. The maximum atomic E-state index is 10.8. The topological polar surface area (TPSA) is 41.6 Å². The van der Waals surface area contributed by atoms with Gasteiger partial charge in [0.05, 0.1) is 13.2 Å². The molecule has 1 N–H and O–H groups in total. The second-order valence-electron chi connectivity index (χ2n) is 3.84. The Bertz CT molecular complexity index is 179. The van der Waals surface area contributed by atoms with E-state index in [1.54, 1.807) is 6.92 Å². The van der Waals surface area contributed by atoms with Gasteiger partial charge in [0.25, 0.3) is 0 Å². The quantitative estimate of drug-likeness (QED) is 0.706. The summed E-state index contributed by atoms with van der Waals surface area (Å²) >= 11 is 0. The molecule has 0 spiro atoms. The summed E-state index contributed by atoms with van der Waals surface area (Å²) in [6.07, 6.45) is 1.01. The molecule has 14 heavy (non-hydrogen) atoms. The fraction of sp³-hybridized carbons (Fsp3) is 0.900.